The lowest BCUT2D eigenvalue weighted by atomic mass is 9.88. The molecule has 0 aliphatic heterocycles. The van der Waals surface area contributed by atoms with Crippen LogP contribution in [0.5, 0.6) is 5.75 Å². The fraction of sp³-hybridized carbons (Fsp3) is 0.519. The third kappa shape index (κ3) is 8.09. The molecule has 0 fully saturated rings. The van der Waals surface area contributed by atoms with E-state index in [0.29, 0.717) is 17.2 Å². The van der Waals surface area contributed by atoms with Gasteiger partial charge >= 0.3 is 12.1 Å². The second kappa shape index (κ2) is 11.6. The number of ether oxygens (including phenoxy) is 1. The third-order valence-electron chi connectivity index (χ3n) is 5.76. The van der Waals surface area contributed by atoms with E-state index in [2.05, 4.69) is 39.8 Å². The lowest BCUT2D eigenvalue weighted by Crippen LogP contribution is -2.11. The quantitative estimate of drug-likeness (QED) is 0.216. The number of carbonyl (C=O) groups is 1. The summed E-state index contributed by atoms with van der Waals surface area (Å²) in [7, 11) is 0. The van der Waals surface area contributed by atoms with Gasteiger partial charge in [0, 0.05) is 18.1 Å². The van der Waals surface area contributed by atoms with Crippen molar-refractivity contribution in [2.75, 3.05) is 6.61 Å². The first-order valence-electron chi connectivity index (χ1n) is 11.6. The van der Waals surface area contributed by atoms with Gasteiger partial charge in [0.1, 0.15) is 5.75 Å². The van der Waals surface area contributed by atoms with Gasteiger partial charge in [-0.15, -0.1) is 0 Å². The van der Waals surface area contributed by atoms with Gasteiger partial charge in [-0.1, -0.05) is 45.9 Å². The van der Waals surface area contributed by atoms with E-state index in [-0.39, 0.29) is 18.9 Å². The number of hydrogen-bond donors (Lipinski definition) is 1. The third-order valence-corrected chi connectivity index (χ3v) is 5.76. The van der Waals surface area contributed by atoms with Crippen LogP contribution in [-0.2, 0) is 4.79 Å². The van der Waals surface area contributed by atoms with Crippen LogP contribution >= 0.6 is 0 Å². The standard InChI is InChI=1S/C27H35F3O3/c1-17(2)21-15-23(18(3)4)26(33-13-7-12-27(28,29)30)24(16-21)22-9-6-8-20(22)11-10-19(5)14-25(31)32/h10-11,14-18H,6-9,12-13H2,1-5H3,(H,31,32)/b11-10+,19-14+. The zero-order chi connectivity index (χ0) is 24.8. The molecule has 0 bridgehead atoms. The molecule has 0 heterocycles. The smallest absolute Gasteiger partial charge is 0.389 e. The first-order valence-corrected chi connectivity index (χ1v) is 11.6. The van der Waals surface area contributed by atoms with E-state index in [1.807, 2.05) is 6.08 Å². The highest BCUT2D eigenvalue weighted by Crippen LogP contribution is 2.43. The number of rotatable bonds is 10. The van der Waals surface area contributed by atoms with Crippen molar-refractivity contribution < 1.29 is 27.8 Å². The van der Waals surface area contributed by atoms with Gasteiger partial charge < -0.3 is 9.84 Å². The van der Waals surface area contributed by atoms with Crippen LogP contribution in [0.4, 0.5) is 13.2 Å². The summed E-state index contributed by atoms with van der Waals surface area (Å²) in [6.45, 7) is 10.1. The molecule has 2 rings (SSSR count). The van der Waals surface area contributed by atoms with Gasteiger partial charge in [-0.2, -0.15) is 13.2 Å². The number of aliphatic carboxylic acids is 1. The van der Waals surface area contributed by atoms with Gasteiger partial charge in [0.2, 0.25) is 0 Å². The minimum absolute atomic E-state index is 0.00612. The number of hydrogen-bond acceptors (Lipinski definition) is 2. The average molecular weight is 465 g/mol. The maximum absolute atomic E-state index is 12.6. The number of carboxylic acids is 1. The summed E-state index contributed by atoms with van der Waals surface area (Å²) in [6, 6.07) is 4.23. The number of benzene rings is 1. The van der Waals surface area contributed by atoms with E-state index in [4.69, 9.17) is 9.84 Å². The molecule has 0 atom stereocenters. The zero-order valence-corrected chi connectivity index (χ0v) is 20.2. The van der Waals surface area contributed by atoms with E-state index >= 15 is 0 Å². The number of carboxylic acid groups (broad SMARTS) is 1. The average Bonchev–Trinajstić information content (AvgIpc) is 3.16. The van der Waals surface area contributed by atoms with Gasteiger partial charge in [0.15, 0.2) is 0 Å². The summed E-state index contributed by atoms with van der Waals surface area (Å²) >= 11 is 0. The van der Waals surface area contributed by atoms with E-state index < -0.39 is 18.6 Å². The van der Waals surface area contributed by atoms with Crippen LogP contribution in [0.1, 0.15) is 95.2 Å². The van der Waals surface area contributed by atoms with Crippen LogP contribution in [0, 0.1) is 0 Å². The minimum Gasteiger partial charge on any atom is -0.493 e. The highest BCUT2D eigenvalue weighted by Gasteiger charge is 2.27. The molecule has 1 aromatic carbocycles. The maximum Gasteiger partial charge on any atom is 0.389 e. The summed E-state index contributed by atoms with van der Waals surface area (Å²) in [4.78, 5) is 10.9. The first kappa shape index (κ1) is 26.7. The van der Waals surface area contributed by atoms with Crippen molar-refractivity contribution in [3.8, 4) is 5.75 Å². The Morgan fingerprint density at radius 2 is 1.85 bits per heavy atom. The zero-order valence-electron chi connectivity index (χ0n) is 20.2. The monoisotopic (exact) mass is 464 g/mol. The molecule has 0 aromatic heterocycles. The summed E-state index contributed by atoms with van der Waals surface area (Å²) in [6.07, 6.45) is 2.46. The first-order chi connectivity index (χ1) is 15.4. The molecule has 33 heavy (non-hydrogen) atoms. The number of halogens is 3. The van der Waals surface area contributed by atoms with Crippen LogP contribution in [0.2, 0.25) is 0 Å². The maximum atomic E-state index is 12.6. The van der Waals surface area contributed by atoms with Crippen molar-refractivity contribution in [1.82, 2.24) is 0 Å². The molecule has 1 aliphatic carbocycles. The van der Waals surface area contributed by atoms with Crippen molar-refractivity contribution in [3.63, 3.8) is 0 Å². The SMILES string of the molecule is CC(/C=C/C1=C(c2cc(C(C)C)cc(C(C)C)c2OCCCC(F)(F)F)CCC1)=C\C(=O)O. The molecule has 1 aliphatic rings. The van der Waals surface area contributed by atoms with Crippen LogP contribution in [0.15, 0.2) is 41.5 Å². The minimum atomic E-state index is -4.19. The molecular weight excluding hydrogens is 429 g/mol. The van der Waals surface area contributed by atoms with Crippen LogP contribution in [0.3, 0.4) is 0 Å². The molecule has 182 valence electrons. The van der Waals surface area contributed by atoms with Gasteiger partial charge in [0.05, 0.1) is 6.61 Å². The Hall–Kier alpha value is -2.50. The molecule has 0 radical (unpaired) electrons. The Bertz CT molecular complexity index is 935. The van der Waals surface area contributed by atoms with Crippen LogP contribution in [-0.4, -0.2) is 23.9 Å². The van der Waals surface area contributed by atoms with E-state index in [1.54, 1.807) is 13.0 Å². The summed E-state index contributed by atoms with van der Waals surface area (Å²) in [5, 5.41) is 8.95. The Labute approximate surface area is 195 Å². The van der Waals surface area contributed by atoms with E-state index in [9.17, 15) is 18.0 Å². The fourth-order valence-electron chi connectivity index (χ4n) is 4.00. The molecule has 0 saturated carbocycles. The molecule has 1 N–H and O–H groups in total. The fourth-order valence-corrected chi connectivity index (χ4v) is 4.00. The van der Waals surface area contributed by atoms with Crippen molar-refractivity contribution >= 4 is 11.5 Å². The second-order valence-corrected chi connectivity index (χ2v) is 9.28. The van der Waals surface area contributed by atoms with Crippen LogP contribution < -0.4 is 4.74 Å². The van der Waals surface area contributed by atoms with Gasteiger partial charge in [-0.05, 0) is 78.4 Å². The number of allylic oxidation sites excluding steroid dienone is 5. The van der Waals surface area contributed by atoms with Gasteiger partial charge in [-0.25, -0.2) is 4.79 Å². The van der Waals surface area contributed by atoms with Crippen molar-refractivity contribution in [2.24, 2.45) is 0 Å². The molecule has 0 amide bonds. The van der Waals surface area contributed by atoms with Crippen LogP contribution in [0.25, 0.3) is 5.57 Å². The molecule has 1 aromatic rings. The summed E-state index contributed by atoms with van der Waals surface area (Å²) in [5.41, 5.74) is 6.01. The molecule has 6 heteroatoms. The Morgan fingerprint density at radius 1 is 1.15 bits per heavy atom. The normalized spacial score (nSPS) is 15.4. The lowest BCUT2D eigenvalue weighted by Gasteiger charge is -2.22. The van der Waals surface area contributed by atoms with Crippen molar-refractivity contribution in [1.29, 1.82) is 0 Å². The molecule has 3 nitrogen and oxygen atoms in total. The summed E-state index contributed by atoms with van der Waals surface area (Å²) in [5.74, 6) is 0.139. The molecular formula is C27H35F3O3. The second-order valence-electron chi connectivity index (χ2n) is 9.28. The Balaban J connectivity index is 2.53. The highest BCUT2D eigenvalue weighted by molar-refractivity contribution is 5.81. The van der Waals surface area contributed by atoms with Gasteiger partial charge in [-0.3, -0.25) is 0 Å². The lowest BCUT2D eigenvalue weighted by molar-refractivity contribution is -0.136. The van der Waals surface area contributed by atoms with E-state index in [0.717, 1.165) is 47.6 Å². The Kier molecular flexibility index (Phi) is 9.38. The van der Waals surface area contributed by atoms with Gasteiger partial charge in [0.25, 0.3) is 0 Å². The largest absolute Gasteiger partial charge is 0.493 e. The molecule has 0 unspecified atom stereocenters. The predicted octanol–water partition coefficient (Wildman–Crippen LogP) is 8.18. The Morgan fingerprint density at radius 3 is 2.42 bits per heavy atom. The van der Waals surface area contributed by atoms with E-state index in [1.165, 1.54) is 5.56 Å². The highest BCUT2D eigenvalue weighted by atomic mass is 19.4. The summed E-state index contributed by atoms with van der Waals surface area (Å²) < 4.78 is 43.9. The molecule has 0 saturated heterocycles. The van der Waals surface area contributed by atoms with Crippen molar-refractivity contribution in [2.45, 2.75) is 84.7 Å². The molecule has 0 spiro atoms. The number of alkyl halides is 3. The predicted molar refractivity (Wildman–Crippen MR) is 127 cm³/mol. The topological polar surface area (TPSA) is 46.5 Å². The van der Waals surface area contributed by atoms with Crippen molar-refractivity contribution in [3.05, 3.63) is 58.2 Å².